The van der Waals surface area contributed by atoms with Crippen molar-refractivity contribution >= 4 is 46.1 Å². The van der Waals surface area contributed by atoms with Crippen molar-refractivity contribution in [2.45, 2.75) is 19.4 Å². The molecule has 1 atom stereocenters. The molecule has 3 aromatic rings. The molecule has 1 heterocycles. The Morgan fingerprint density at radius 3 is 2.60 bits per heavy atom. The van der Waals surface area contributed by atoms with Crippen molar-refractivity contribution in [2.24, 2.45) is 0 Å². The summed E-state index contributed by atoms with van der Waals surface area (Å²) in [6.45, 7) is 1.95. The van der Waals surface area contributed by atoms with Gasteiger partial charge < -0.3 is 10.1 Å². The molecule has 1 N–H and O–H groups in total. The van der Waals surface area contributed by atoms with E-state index < -0.39 is 5.97 Å². The summed E-state index contributed by atoms with van der Waals surface area (Å²) < 4.78 is 5.68. The third-order valence-electron chi connectivity index (χ3n) is 4.45. The van der Waals surface area contributed by atoms with E-state index in [1.165, 1.54) is 7.11 Å². The molecule has 0 saturated carbocycles. The molecular formula is C22H19ClIN3O3. The highest BCUT2D eigenvalue weighted by molar-refractivity contribution is 14.1. The Morgan fingerprint density at radius 2 is 1.90 bits per heavy atom. The quantitative estimate of drug-likeness (QED) is 0.352. The molecule has 1 unspecified atom stereocenters. The fourth-order valence-corrected chi connectivity index (χ4v) is 4.12. The summed E-state index contributed by atoms with van der Waals surface area (Å²) in [7, 11) is 1.34. The van der Waals surface area contributed by atoms with E-state index in [2.05, 4.69) is 37.9 Å². The molecule has 0 fully saturated rings. The lowest BCUT2D eigenvalue weighted by molar-refractivity contribution is 0.0600. The van der Waals surface area contributed by atoms with Crippen LogP contribution in [0.1, 0.15) is 45.8 Å². The summed E-state index contributed by atoms with van der Waals surface area (Å²) in [5, 5.41) is 3.52. The Kier molecular flexibility index (Phi) is 7.38. The van der Waals surface area contributed by atoms with Crippen molar-refractivity contribution < 1.29 is 14.3 Å². The number of benzene rings is 2. The summed E-state index contributed by atoms with van der Waals surface area (Å²) in [5.41, 5.74) is 2.81. The third-order valence-corrected chi connectivity index (χ3v) is 5.29. The van der Waals surface area contributed by atoms with Gasteiger partial charge in [-0.2, -0.15) is 0 Å². The van der Waals surface area contributed by atoms with Crippen LogP contribution in [0.4, 0.5) is 0 Å². The van der Waals surface area contributed by atoms with Crippen LogP contribution in [0.15, 0.2) is 54.9 Å². The SMILES string of the molecule is CCC(NC(=O)c1cc(Cl)cc(I)c1)c1nccnc1-c1cccc(C(=O)OC)c1. The van der Waals surface area contributed by atoms with E-state index in [-0.39, 0.29) is 11.9 Å². The second kappa shape index (κ2) is 9.99. The zero-order chi connectivity index (χ0) is 21.7. The highest BCUT2D eigenvalue weighted by Gasteiger charge is 2.21. The average Bonchev–Trinajstić information content (AvgIpc) is 2.76. The average molecular weight is 536 g/mol. The topological polar surface area (TPSA) is 81.2 Å². The minimum atomic E-state index is -0.432. The van der Waals surface area contributed by atoms with Gasteiger partial charge in [-0.15, -0.1) is 0 Å². The summed E-state index contributed by atoms with van der Waals surface area (Å²) in [6.07, 6.45) is 3.77. The first-order valence-electron chi connectivity index (χ1n) is 9.19. The molecule has 0 aliphatic rings. The predicted octanol–water partition coefficient (Wildman–Crippen LogP) is 5.07. The standard InChI is InChI=1S/C22H19ClIN3O3/c1-3-18(27-21(28)15-10-16(23)12-17(24)11-15)20-19(25-7-8-26-20)13-5-4-6-14(9-13)22(29)30-2/h4-12,18H,3H2,1-2H3,(H,27,28). The number of esters is 1. The molecule has 8 heteroatoms. The van der Waals surface area contributed by atoms with E-state index in [1.807, 2.05) is 13.0 Å². The molecule has 1 aromatic heterocycles. The fourth-order valence-electron chi connectivity index (χ4n) is 3.03. The number of hydrogen-bond acceptors (Lipinski definition) is 5. The number of methoxy groups -OCH3 is 1. The van der Waals surface area contributed by atoms with E-state index in [9.17, 15) is 9.59 Å². The molecule has 3 rings (SSSR count). The van der Waals surface area contributed by atoms with E-state index in [0.717, 1.165) is 3.57 Å². The van der Waals surface area contributed by atoms with E-state index in [1.54, 1.807) is 48.8 Å². The molecule has 154 valence electrons. The van der Waals surface area contributed by atoms with Gasteiger partial charge in [0.05, 0.1) is 30.1 Å². The molecule has 0 spiro atoms. The number of carbonyl (C=O) groups excluding carboxylic acids is 2. The molecule has 0 radical (unpaired) electrons. The van der Waals surface area contributed by atoms with Gasteiger partial charge in [0, 0.05) is 32.1 Å². The lowest BCUT2D eigenvalue weighted by Gasteiger charge is -2.19. The van der Waals surface area contributed by atoms with Crippen molar-refractivity contribution in [2.75, 3.05) is 7.11 Å². The highest BCUT2D eigenvalue weighted by atomic mass is 127. The zero-order valence-corrected chi connectivity index (χ0v) is 19.3. The Morgan fingerprint density at radius 1 is 1.13 bits per heavy atom. The predicted molar refractivity (Wildman–Crippen MR) is 123 cm³/mol. The summed E-state index contributed by atoms with van der Waals surface area (Å²) in [6, 6.07) is 11.8. The van der Waals surface area contributed by atoms with Crippen molar-refractivity contribution in [3.8, 4) is 11.3 Å². The van der Waals surface area contributed by atoms with Gasteiger partial charge in [0.2, 0.25) is 0 Å². The first kappa shape index (κ1) is 22.2. The zero-order valence-electron chi connectivity index (χ0n) is 16.4. The van der Waals surface area contributed by atoms with Crippen LogP contribution in [-0.2, 0) is 4.74 Å². The largest absolute Gasteiger partial charge is 0.465 e. The number of rotatable bonds is 6. The monoisotopic (exact) mass is 535 g/mol. The molecule has 0 saturated heterocycles. The molecule has 0 aliphatic heterocycles. The van der Waals surface area contributed by atoms with Crippen molar-refractivity contribution in [3.05, 3.63) is 80.3 Å². The third kappa shape index (κ3) is 5.14. The van der Waals surface area contributed by atoms with Gasteiger partial charge in [0.15, 0.2) is 0 Å². The van der Waals surface area contributed by atoms with Gasteiger partial charge in [-0.3, -0.25) is 14.8 Å². The van der Waals surface area contributed by atoms with Crippen molar-refractivity contribution in [1.82, 2.24) is 15.3 Å². The Bertz CT molecular complexity index is 1070. The minimum absolute atomic E-state index is 0.248. The smallest absolute Gasteiger partial charge is 0.337 e. The molecule has 30 heavy (non-hydrogen) atoms. The number of hydrogen-bond donors (Lipinski definition) is 1. The van der Waals surface area contributed by atoms with Crippen LogP contribution in [0.25, 0.3) is 11.3 Å². The van der Waals surface area contributed by atoms with Crippen LogP contribution in [0.2, 0.25) is 5.02 Å². The number of carbonyl (C=O) groups is 2. The van der Waals surface area contributed by atoms with Gasteiger partial charge >= 0.3 is 5.97 Å². The van der Waals surface area contributed by atoms with E-state index in [0.29, 0.717) is 39.5 Å². The van der Waals surface area contributed by atoms with Crippen LogP contribution in [0, 0.1) is 3.57 Å². The minimum Gasteiger partial charge on any atom is -0.465 e. The molecule has 0 bridgehead atoms. The van der Waals surface area contributed by atoms with Crippen LogP contribution in [0.3, 0.4) is 0 Å². The fraction of sp³-hybridized carbons (Fsp3) is 0.182. The maximum atomic E-state index is 12.8. The molecule has 1 amide bonds. The Balaban J connectivity index is 1.95. The number of halogens is 2. The lowest BCUT2D eigenvalue weighted by Crippen LogP contribution is -2.29. The lowest BCUT2D eigenvalue weighted by atomic mass is 10.0. The first-order valence-corrected chi connectivity index (χ1v) is 10.6. The maximum Gasteiger partial charge on any atom is 0.337 e. The summed E-state index contributed by atoms with van der Waals surface area (Å²) in [5.74, 6) is -0.680. The number of aromatic nitrogens is 2. The number of nitrogens with zero attached hydrogens (tertiary/aromatic N) is 2. The second-order valence-electron chi connectivity index (χ2n) is 6.45. The van der Waals surface area contributed by atoms with Crippen molar-refractivity contribution in [3.63, 3.8) is 0 Å². The molecule has 0 aliphatic carbocycles. The molecule has 6 nitrogen and oxygen atoms in total. The van der Waals surface area contributed by atoms with E-state index in [4.69, 9.17) is 16.3 Å². The van der Waals surface area contributed by atoms with Crippen molar-refractivity contribution in [1.29, 1.82) is 0 Å². The van der Waals surface area contributed by atoms with Crippen LogP contribution in [0.5, 0.6) is 0 Å². The van der Waals surface area contributed by atoms with Gasteiger partial charge in [0.1, 0.15) is 0 Å². The van der Waals surface area contributed by atoms with Crippen LogP contribution >= 0.6 is 34.2 Å². The highest BCUT2D eigenvalue weighted by Crippen LogP contribution is 2.27. The van der Waals surface area contributed by atoms with Gasteiger partial charge in [-0.05, 0) is 59.3 Å². The normalized spacial score (nSPS) is 11.6. The first-order chi connectivity index (χ1) is 14.4. The summed E-state index contributed by atoms with van der Waals surface area (Å²) in [4.78, 5) is 33.7. The Labute approximate surface area is 193 Å². The maximum absolute atomic E-state index is 12.8. The second-order valence-corrected chi connectivity index (χ2v) is 8.14. The number of amides is 1. The number of nitrogens with one attached hydrogen (secondary N) is 1. The van der Waals surface area contributed by atoms with E-state index >= 15 is 0 Å². The molecular weight excluding hydrogens is 517 g/mol. The van der Waals surface area contributed by atoms with Gasteiger partial charge in [0.25, 0.3) is 5.91 Å². The van der Waals surface area contributed by atoms with Gasteiger partial charge in [-0.1, -0.05) is 30.7 Å². The van der Waals surface area contributed by atoms with Gasteiger partial charge in [-0.25, -0.2) is 4.79 Å². The van der Waals surface area contributed by atoms with Crippen LogP contribution < -0.4 is 5.32 Å². The Hall–Kier alpha value is -2.52. The molecule has 2 aromatic carbocycles. The number of ether oxygens (including phenoxy) is 1. The van der Waals surface area contributed by atoms with Crippen LogP contribution in [-0.4, -0.2) is 29.0 Å². The summed E-state index contributed by atoms with van der Waals surface area (Å²) >= 11 is 8.21.